The van der Waals surface area contributed by atoms with Crippen molar-refractivity contribution in [3.05, 3.63) is 23.1 Å². The lowest BCUT2D eigenvalue weighted by Gasteiger charge is -2.15. The van der Waals surface area contributed by atoms with Crippen LogP contribution >= 0.6 is 0 Å². The van der Waals surface area contributed by atoms with Crippen LogP contribution in [0.1, 0.15) is 18.3 Å². The van der Waals surface area contributed by atoms with E-state index in [9.17, 15) is 5.21 Å². The third kappa shape index (κ3) is 1.87. The van der Waals surface area contributed by atoms with Crippen molar-refractivity contribution in [2.24, 2.45) is 0 Å². The molecule has 0 atom stereocenters. The molecule has 2 N–H and O–H groups in total. The van der Waals surface area contributed by atoms with E-state index >= 15 is 0 Å². The van der Waals surface area contributed by atoms with Gasteiger partial charge in [0.05, 0.1) is 17.6 Å². The van der Waals surface area contributed by atoms with Crippen molar-refractivity contribution < 1.29 is 5.21 Å². The molecule has 0 aromatic carbocycles. The average Bonchev–Trinajstić information content (AvgIpc) is 2.46. The molecule has 1 aromatic heterocycles. The molecule has 0 bridgehead atoms. The van der Waals surface area contributed by atoms with Crippen molar-refractivity contribution in [2.45, 2.75) is 19.8 Å². The van der Waals surface area contributed by atoms with Gasteiger partial charge >= 0.3 is 0 Å². The Hall–Kier alpha value is -1.36. The molecule has 0 amide bonds. The van der Waals surface area contributed by atoms with E-state index in [0.717, 1.165) is 48.6 Å². The molecule has 0 aliphatic carbocycles. The molecular formula is C10H16N4O. The van der Waals surface area contributed by atoms with Gasteiger partial charge in [0.25, 0.3) is 0 Å². The Morgan fingerprint density at radius 1 is 1.47 bits per heavy atom. The molecule has 2 rings (SSSR count). The van der Waals surface area contributed by atoms with Crippen molar-refractivity contribution in [3.8, 4) is 0 Å². The molecule has 0 fully saturated rings. The zero-order valence-corrected chi connectivity index (χ0v) is 8.90. The summed E-state index contributed by atoms with van der Waals surface area (Å²) >= 11 is 0. The second-order valence-corrected chi connectivity index (χ2v) is 3.78. The van der Waals surface area contributed by atoms with Crippen molar-refractivity contribution >= 4 is 0 Å². The van der Waals surface area contributed by atoms with Gasteiger partial charge in [-0.2, -0.15) is 4.73 Å². The number of hydrogen-bond donors (Lipinski definition) is 2. The number of nitrogens with one attached hydrogen (secondary N) is 1. The standard InChI is InChI=1S/C10H16N4O/c1-2-13-5-3-8-9(4-6-13)14(15)10(11)7-12-8/h7,11,15H,2-6H2,1H3. The average molecular weight is 208 g/mol. The minimum atomic E-state index is 0.0544. The normalized spacial score (nSPS) is 17.1. The fourth-order valence-corrected chi connectivity index (χ4v) is 1.95. The lowest BCUT2D eigenvalue weighted by Crippen LogP contribution is -2.26. The third-order valence-electron chi connectivity index (χ3n) is 2.94. The Kier molecular flexibility index (Phi) is 2.73. The summed E-state index contributed by atoms with van der Waals surface area (Å²) in [7, 11) is 0. The van der Waals surface area contributed by atoms with Crippen LogP contribution in [0.5, 0.6) is 0 Å². The molecular weight excluding hydrogens is 192 g/mol. The highest BCUT2D eigenvalue weighted by atomic mass is 16.5. The lowest BCUT2D eigenvalue weighted by atomic mass is 10.2. The molecule has 1 aliphatic rings. The van der Waals surface area contributed by atoms with E-state index in [1.165, 1.54) is 6.20 Å². The molecule has 15 heavy (non-hydrogen) atoms. The van der Waals surface area contributed by atoms with Crippen LogP contribution in [0.2, 0.25) is 0 Å². The van der Waals surface area contributed by atoms with Crippen LogP contribution in [0.4, 0.5) is 0 Å². The first-order valence-corrected chi connectivity index (χ1v) is 5.28. The van der Waals surface area contributed by atoms with E-state index in [1.54, 1.807) is 0 Å². The molecule has 0 spiro atoms. The second kappa shape index (κ2) is 4.02. The van der Waals surface area contributed by atoms with Gasteiger partial charge in [0.2, 0.25) is 0 Å². The maximum Gasteiger partial charge on any atom is 0.179 e. The summed E-state index contributed by atoms with van der Waals surface area (Å²) in [6.07, 6.45) is 3.02. The first-order valence-electron chi connectivity index (χ1n) is 5.28. The number of aromatic nitrogens is 2. The summed E-state index contributed by atoms with van der Waals surface area (Å²) < 4.78 is 0.960. The minimum absolute atomic E-state index is 0.0544. The number of fused-ring (bicyclic) bond motifs is 1. The zero-order valence-electron chi connectivity index (χ0n) is 8.90. The molecule has 2 heterocycles. The number of hydrogen-bond acceptors (Lipinski definition) is 4. The van der Waals surface area contributed by atoms with Gasteiger partial charge < -0.3 is 10.1 Å². The second-order valence-electron chi connectivity index (χ2n) is 3.78. The summed E-state index contributed by atoms with van der Waals surface area (Å²) in [5.41, 5.74) is 1.77. The summed E-state index contributed by atoms with van der Waals surface area (Å²) in [6, 6.07) is 0. The first kappa shape index (κ1) is 10.2. The summed E-state index contributed by atoms with van der Waals surface area (Å²) in [6.45, 7) is 5.06. The van der Waals surface area contributed by atoms with Gasteiger partial charge in [-0.3, -0.25) is 10.4 Å². The van der Waals surface area contributed by atoms with Crippen LogP contribution in [0, 0.1) is 5.41 Å². The Morgan fingerprint density at radius 2 is 2.20 bits per heavy atom. The highest BCUT2D eigenvalue weighted by Gasteiger charge is 2.16. The quantitative estimate of drug-likeness (QED) is 0.639. The van der Waals surface area contributed by atoms with Crippen molar-refractivity contribution in [2.75, 3.05) is 19.6 Å². The van der Waals surface area contributed by atoms with E-state index in [0.29, 0.717) is 0 Å². The van der Waals surface area contributed by atoms with Gasteiger partial charge in [-0.05, 0) is 6.54 Å². The van der Waals surface area contributed by atoms with E-state index in [1.807, 2.05) is 0 Å². The Balaban J connectivity index is 2.35. The lowest BCUT2D eigenvalue weighted by molar-refractivity contribution is 0.157. The highest BCUT2D eigenvalue weighted by molar-refractivity contribution is 5.13. The Bertz CT molecular complexity index is 412. The summed E-state index contributed by atoms with van der Waals surface area (Å²) in [5.74, 6) is 0. The summed E-state index contributed by atoms with van der Waals surface area (Å²) in [5, 5.41) is 17.2. The predicted octanol–water partition coefficient (Wildman–Crippen LogP) is 0.0204. The molecule has 0 saturated carbocycles. The van der Waals surface area contributed by atoms with Crippen LogP contribution in [0.15, 0.2) is 6.20 Å². The van der Waals surface area contributed by atoms with Crippen LogP contribution < -0.4 is 5.49 Å². The SMILES string of the molecule is CCN1CCc2ncc(=N)n(O)c2CC1. The molecule has 0 unspecified atom stereocenters. The molecule has 5 nitrogen and oxygen atoms in total. The van der Waals surface area contributed by atoms with Crippen LogP contribution in [-0.4, -0.2) is 39.5 Å². The largest absolute Gasteiger partial charge is 0.427 e. The van der Waals surface area contributed by atoms with Crippen molar-refractivity contribution in [3.63, 3.8) is 0 Å². The van der Waals surface area contributed by atoms with E-state index < -0.39 is 0 Å². The van der Waals surface area contributed by atoms with Gasteiger partial charge in [-0.1, -0.05) is 6.92 Å². The predicted molar refractivity (Wildman–Crippen MR) is 54.8 cm³/mol. The molecule has 82 valence electrons. The third-order valence-corrected chi connectivity index (χ3v) is 2.94. The Morgan fingerprint density at radius 3 is 2.93 bits per heavy atom. The highest BCUT2D eigenvalue weighted by Crippen LogP contribution is 2.10. The smallest absolute Gasteiger partial charge is 0.179 e. The Labute approximate surface area is 88.5 Å². The first-order chi connectivity index (χ1) is 7.22. The van der Waals surface area contributed by atoms with E-state index in [-0.39, 0.29) is 5.49 Å². The molecule has 5 heteroatoms. The van der Waals surface area contributed by atoms with Crippen molar-refractivity contribution in [1.82, 2.24) is 14.6 Å². The van der Waals surface area contributed by atoms with Gasteiger partial charge in [0.15, 0.2) is 5.49 Å². The van der Waals surface area contributed by atoms with Gasteiger partial charge in [0, 0.05) is 25.9 Å². The van der Waals surface area contributed by atoms with Crippen LogP contribution in [0.25, 0.3) is 0 Å². The molecule has 1 aliphatic heterocycles. The number of nitrogens with zero attached hydrogens (tertiary/aromatic N) is 3. The number of rotatable bonds is 1. The van der Waals surface area contributed by atoms with Crippen molar-refractivity contribution in [1.29, 1.82) is 5.41 Å². The van der Waals surface area contributed by atoms with Crippen LogP contribution in [-0.2, 0) is 12.8 Å². The van der Waals surface area contributed by atoms with E-state index in [2.05, 4.69) is 16.8 Å². The maximum absolute atomic E-state index is 9.70. The van der Waals surface area contributed by atoms with Crippen LogP contribution in [0.3, 0.4) is 0 Å². The van der Waals surface area contributed by atoms with Gasteiger partial charge in [0.1, 0.15) is 0 Å². The van der Waals surface area contributed by atoms with Gasteiger partial charge in [-0.25, -0.2) is 0 Å². The monoisotopic (exact) mass is 208 g/mol. The fourth-order valence-electron chi connectivity index (χ4n) is 1.95. The molecule has 0 radical (unpaired) electrons. The number of likely N-dealkylation sites (N-methyl/N-ethyl adjacent to an activating group) is 1. The topological polar surface area (TPSA) is 65.1 Å². The van der Waals surface area contributed by atoms with E-state index in [4.69, 9.17) is 5.41 Å². The maximum atomic E-state index is 9.70. The summed E-state index contributed by atoms with van der Waals surface area (Å²) in [4.78, 5) is 6.54. The minimum Gasteiger partial charge on any atom is -0.427 e. The fraction of sp³-hybridized carbons (Fsp3) is 0.600. The zero-order chi connectivity index (χ0) is 10.8. The molecule has 1 aromatic rings. The molecule has 0 saturated heterocycles. The van der Waals surface area contributed by atoms with Gasteiger partial charge in [-0.15, -0.1) is 0 Å².